The number of hydrogen-bond donors (Lipinski definition) is 2. The minimum absolute atomic E-state index is 0.337. The average Bonchev–Trinajstić information content (AvgIpc) is 2.18. The molecule has 0 radical (unpaired) electrons. The number of benzene rings is 1. The van der Waals surface area contributed by atoms with Crippen LogP contribution in [-0.4, -0.2) is 5.11 Å². The number of aliphatic hydroxyl groups is 1. The first-order valence-corrected chi connectivity index (χ1v) is 4.75. The van der Waals surface area contributed by atoms with Gasteiger partial charge in [-0.2, -0.15) is 0 Å². The molecule has 1 unspecified atom stereocenters. The van der Waals surface area contributed by atoms with Gasteiger partial charge in [0.1, 0.15) is 0 Å². The van der Waals surface area contributed by atoms with E-state index in [9.17, 15) is 5.11 Å². The first kappa shape index (κ1) is 10.2. The number of hydrogen-bond acceptors (Lipinski definition) is 2. The van der Waals surface area contributed by atoms with Crippen molar-refractivity contribution in [3.05, 3.63) is 35.4 Å². The highest BCUT2D eigenvalue weighted by atomic mass is 16.3. The van der Waals surface area contributed by atoms with Crippen molar-refractivity contribution in [2.45, 2.75) is 32.4 Å². The zero-order chi connectivity index (χ0) is 9.68. The van der Waals surface area contributed by atoms with Gasteiger partial charge in [-0.15, -0.1) is 0 Å². The topological polar surface area (TPSA) is 46.2 Å². The van der Waals surface area contributed by atoms with E-state index >= 15 is 0 Å². The van der Waals surface area contributed by atoms with E-state index in [0.29, 0.717) is 6.54 Å². The second kappa shape index (κ2) is 5.00. The second-order valence-corrected chi connectivity index (χ2v) is 3.25. The van der Waals surface area contributed by atoms with Gasteiger partial charge in [0, 0.05) is 6.54 Å². The SMILES string of the molecule is CCCC(O)c1cccc(CN)c1. The Kier molecular flexibility index (Phi) is 3.93. The predicted molar refractivity (Wildman–Crippen MR) is 54.2 cm³/mol. The minimum atomic E-state index is -0.337. The van der Waals surface area contributed by atoms with Gasteiger partial charge in [-0.05, 0) is 17.5 Å². The van der Waals surface area contributed by atoms with E-state index in [1.54, 1.807) is 0 Å². The summed E-state index contributed by atoms with van der Waals surface area (Å²) in [4.78, 5) is 0. The first-order chi connectivity index (χ1) is 6.27. The fraction of sp³-hybridized carbons (Fsp3) is 0.455. The molecular weight excluding hydrogens is 162 g/mol. The molecule has 13 heavy (non-hydrogen) atoms. The van der Waals surface area contributed by atoms with Crippen molar-refractivity contribution < 1.29 is 5.11 Å². The standard InChI is InChI=1S/C11H17NO/c1-2-4-11(13)10-6-3-5-9(7-10)8-12/h3,5-7,11,13H,2,4,8,12H2,1H3. The van der Waals surface area contributed by atoms with Crippen LogP contribution < -0.4 is 5.73 Å². The molecule has 0 spiro atoms. The number of rotatable bonds is 4. The molecule has 2 nitrogen and oxygen atoms in total. The maximum atomic E-state index is 9.70. The van der Waals surface area contributed by atoms with Crippen molar-refractivity contribution in [3.8, 4) is 0 Å². The van der Waals surface area contributed by atoms with Crippen molar-refractivity contribution in [1.82, 2.24) is 0 Å². The fourth-order valence-electron chi connectivity index (χ4n) is 1.37. The Labute approximate surface area is 79.4 Å². The van der Waals surface area contributed by atoms with Crippen molar-refractivity contribution in [2.24, 2.45) is 5.73 Å². The molecule has 0 saturated heterocycles. The molecule has 3 N–H and O–H groups in total. The van der Waals surface area contributed by atoms with Gasteiger partial charge in [-0.3, -0.25) is 0 Å². The highest BCUT2D eigenvalue weighted by Gasteiger charge is 2.05. The van der Waals surface area contributed by atoms with E-state index in [2.05, 4.69) is 6.92 Å². The lowest BCUT2D eigenvalue weighted by Gasteiger charge is -2.10. The molecule has 1 aromatic rings. The second-order valence-electron chi connectivity index (χ2n) is 3.25. The van der Waals surface area contributed by atoms with Crippen LogP contribution in [0.3, 0.4) is 0 Å². The Hall–Kier alpha value is -0.860. The highest BCUT2D eigenvalue weighted by Crippen LogP contribution is 2.18. The lowest BCUT2D eigenvalue weighted by atomic mass is 10.0. The zero-order valence-corrected chi connectivity index (χ0v) is 8.03. The van der Waals surface area contributed by atoms with E-state index in [0.717, 1.165) is 24.0 Å². The first-order valence-electron chi connectivity index (χ1n) is 4.75. The summed E-state index contributed by atoms with van der Waals surface area (Å²) in [5.74, 6) is 0. The van der Waals surface area contributed by atoms with E-state index < -0.39 is 0 Å². The molecule has 2 heteroatoms. The summed E-state index contributed by atoms with van der Waals surface area (Å²) in [6.07, 6.45) is 1.47. The molecular formula is C11H17NO. The largest absolute Gasteiger partial charge is 0.388 e. The highest BCUT2D eigenvalue weighted by molar-refractivity contribution is 5.24. The molecule has 0 saturated carbocycles. The zero-order valence-electron chi connectivity index (χ0n) is 8.03. The fourth-order valence-corrected chi connectivity index (χ4v) is 1.37. The Morgan fingerprint density at radius 2 is 2.23 bits per heavy atom. The number of aliphatic hydroxyl groups excluding tert-OH is 1. The van der Waals surface area contributed by atoms with Crippen molar-refractivity contribution in [2.75, 3.05) is 0 Å². The van der Waals surface area contributed by atoms with E-state index in [1.807, 2.05) is 24.3 Å². The Morgan fingerprint density at radius 1 is 1.46 bits per heavy atom. The summed E-state index contributed by atoms with van der Waals surface area (Å²) in [5.41, 5.74) is 7.56. The lowest BCUT2D eigenvalue weighted by molar-refractivity contribution is 0.166. The lowest BCUT2D eigenvalue weighted by Crippen LogP contribution is -2.00. The molecule has 72 valence electrons. The summed E-state index contributed by atoms with van der Waals surface area (Å²) in [7, 11) is 0. The molecule has 0 aromatic heterocycles. The van der Waals surface area contributed by atoms with Crippen LogP contribution in [0.2, 0.25) is 0 Å². The molecule has 0 bridgehead atoms. The maximum Gasteiger partial charge on any atom is 0.0790 e. The van der Waals surface area contributed by atoms with Gasteiger partial charge in [0.15, 0.2) is 0 Å². The molecule has 0 heterocycles. The van der Waals surface area contributed by atoms with Crippen LogP contribution >= 0.6 is 0 Å². The van der Waals surface area contributed by atoms with Gasteiger partial charge in [0.25, 0.3) is 0 Å². The molecule has 1 atom stereocenters. The summed E-state index contributed by atoms with van der Waals surface area (Å²) >= 11 is 0. The van der Waals surface area contributed by atoms with Crippen molar-refractivity contribution in [1.29, 1.82) is 0 Å². The Bertz CT molecular complexity index is 260. The van der Waals surface area contributed by atoms with Crippen molar-refractivity contribution >= 4 is 0 Å². The number of nitrogens with two attached hydrogens (primary N) is 1. The monoisotopic (exact) mass is 179 g/mol. The molecule has 0 aliphatic heterocycles. The van der Waals surface area contributed by atoms with Crippen LogP contribution in [0, 0.1) is 0 Å². The quantitative estimate of drug-likeness (QED) is 0.742. The predicted octanol–water partition coefficient (Wildman–Crippen LogP) is 1.98. The maximum absolute atomic E-state index is 9.70. The van der Waals surface area contributed by atoms with Crippen LogP contribution in [0.5, 0.6) is 0 Å². The third-order valence-corrected chi connectivity index (χ3v) is 2.13. The van der Waals surface area contributed by atoms with Crippen LogP contribution in [0.25, 0.3) is 0 Å². The van der Waals surface area contributed by atoms with E-state index in [4.69, 9.17) is 5.73 Å². The van der Waals surface area contributed by atoms with Crippen molar-refractivity contribution in [3.63, 3.8) is 0 Å². The van der Waals surface area contributed by atoms with Gasteiger partial charge < -0.3 is 10.8 Å². The molecule has 0 amide bonds. The Balaban J connectivity index is 2.75. The van der Waals surface area contributed by atoms with Crippen LogP contribution in [0.1, 0.15) is 37.0 Å². The smallest absolute Gasteiger partial charge is 0.0790 e. The molecule has 1 aromatic carbocycles. The van der Waals surface area contributed by atoms with Gasteiger partial charge >= 0.3 is 0 Å². The van der Waals surface area contributed by atoms with Crippen LogP contribution in [0.15, 0.2) is 24.3 Å². The van der Waals surface area contributed by atoms with Gasteiger partial charge in [-0.1, -0.05) is 37.6 Å². The molecule has 1 rings (SSSR count). The summed E-state index contributed by atoms with van der Waals surface area (Å²) in [6.45, 7) is 2.60. The minimum Gasteiger partial charge on any atom is -0.388 e. The summed E-state index contributed by atoms with van der Waals surface area (Å²) in [5, 5.41) is 9.70. The molecule has 0 aliphatic carbocycles. The van der Waals surface area contributed by atoms with Crippen LogP contribution in [-0.2, 0) is 6.54 Å². The van der Waals surface area contributed by atoms with E-state index in [1.165, 1.54) is 0 Å². The Morgan fingerprint density at radius 3 is 2.85 bits per heavy atom. The molecule has 0 fully saturated rings. The normalized spacial score (nSPS) is 12.8. The van der Waals surface area contributed by atoms with Crippen LogP contribution in [0.4, 0.5) is 0 Å². The average molecular weight is 179 g/mol. The summed E-state index contributed by atoms with van der Waals surface area (Å²) in [6, 6.07) is 7.83. The van der Waals surface area contributed by atoms with Gasteiger partial charge in [-0.25, -0.2) is 0 Å². The third kappa shape index (κ3) is 2.83. The van der Waals surface area contributed by atoms with Gasteiger partial charge in [0.05, 0.1) is 6.10 Å². The third-order valence-electron chi connectivity index (χ3n) is 2.13. The summed E-state index contributed by atoms with van der Waals surface area (Å²) < 4.78 is 0. The van der Waals surface area contributed by atoms with E-state index in [-0.39, 0.29) is 6.10 Å². The molecule has 0 aliphatic rings. The van der Waals surface area contributed by atoms with Gasteiger partial charge in [0.2, 0.25) is 0 Å².